The highest BCUT2D eigenvalue weighted by Crippen LogP contribution is 2.27. The van der Waals surface area contributed by atoms with Crippen molar-refractivity contribution in [1.82, 2.24) is 0 Å². The topological polar surface area (TPSA) is 78.3 Å². The van der Waals surface area contributed by atoms with E-state index in [0.717, 1.165) is 5.56 Å². The Kier molecular flexibility index (Phi) is 3.30. The summed E-state index contributed by atoms with van der Waals surface area (Å²) in [6.45, 7) is 0.373. The van der Waals surface area contributed by atoms with E-state index >= 15 is 0 Å². The van der Waals surface area contributed by atoms with E-state index in [1.807, 2.05) is 16.8 Å². The molecule has 0 saturated carbocycles. The van der Waals surface area contributed by atoms with E-state index in [1.54, 1.807) is 29.5 Å². The van der Waals surface area contributed by atoms with E-state index in [4.69, 9.17) is 16.2 Å². The molecule has 1 heterocycles. The maximum Gasteiger partial charge on any atom is 0.252 e. The smallest absolute Gasteiger partial charge is 0.252 e. The quantitative estimate of drug-likeness (QED) is 0.812. The number of ether oxygens (including phenoxy) is 1. The number of carbonyl (C=O) groups is 1. The van der Waals surface area contributed by atoms with Crippen LogP contribution in [-0.2, 0) is 6.61 Å². The van der Waals surface area contributed by atoms with Crippen LogP contribution < -0.4 is 16.2 Å². The summed E-state index contributed by atoms with van der Waals surface area (Å²) in [5, 5.41) is 3.94. The molecule has 0 fully saturated rings. The van der Waals surface area contributed by atoms with E-state index in [9.17, 15) is 4.79 Å². The lowest BCUT2D eigenvalue weighted by Crippen LogP contribution is -2.14. The minimum atomic E-state index is -0.544. The van der Waals surface area contributed by atoms with Crippen LogP contribution in [-0.4, -0.2) is 5.91 Å². The standard InChI is InChI=1S/C12H12N2O2S/c13-10-3-1-2-9(12(14)15)11(10)16-6-8-4-5-17-7-8/h1-5,7H,6,13H2,(H2,14,15). The van der Waals surface area contributed by atoms with Crippen LogP contribution in [0.3, 0.4) is 0 Å². The number of benzene rings is 1. The van der Waals surface area contributed by atoms with Gasteiger partial charge >= 0.3 is 0 Å². The summed E-state index contributed by atoms with van der Waals surface area (Å²) in [5.41, 5.74) is 12.8. The Balaban J connectivity index is 2.22. The summed E-state index contributed by atoms with van der Waals surface area (Å²) >= 11 is 1.59. The van der Waals surface area contributed by atoms with Gasteiger partial charge in [0, 0.05) is 0 Å². The van der Waals surface area contributed by atoms with Gasteiger partial charge in [-0.3, -0.25) is 4.79 Å². The lowest BCUT2D eigenvalue weighted by atomic mass is 10.1. The van der Waals surface area contributed by atoms with Gasteiger partial charge in [0.1, 0.15) is 6.61 Å². The van der Waals surface area contributed by atoms with E-state index in [1.165, 1.54) is 0 Å². The number of thiophene rings is 1. The summed E-state index contributed by atoms with van der Waals surface area (Å²) in [6.07, 6.45) is 0. The molecule has 5 heteroatoms. The normalized spacial score (nSPS) is 10.1. The van der Waals surface area contributed by atoms with Crippen LogP contribution in [0.15, 0.2) is 35.0 Å². The Bertz CT molecular complexity index is 523. The summed E-state index contributed by atoms with van der Waals surface area (Å²) < 4.78 is 5.55. The third-order valence-electron chi connectivity index (χ3n) is 2.27. The van der Waals surface area contributed by atoms with Crippen molar-refractivity contribution < 1.29 is 9.53 Å². The van der Waals surface area contributed by atoms with Crippen molar-refractivity contribution in [3.05, 3.63) is 46.2 Å². The Morgan fingerprint density at radius 1 is 1.35 bits per heavy atom. The highest BCUT2D eigenvalue weighted by atomic mass is 32.1. The lowest BCUT2D eigenvalue weighted by Gasteiger charge is -2.11. The average molecular weight is 248 g/mol. The lowest BCUT2D eigenvalue weighted by molar-refractivity contribution is 0.0996. The fraction of sp³-hybridized carbons (Fsp3) is 0.0833. The Morgan fingerprint density at radius 2 is 2.18 bits per heavy atom. The third kappa shape index (κ3) is 2.57. The molecule has 0 unspecified atom stereocenters. The van der Waals surface area contributed by atoms with E-state index < -0.39 is 5.91 Å². The maximum atomic E-state index is 11.2. The molecule has 0 aliphatic heterocycles. The van der Waals surface area contributed by atoms with Gasteiger partial charge in [0.15, 0.2) is 5.75 Å². The molecule has 0 aliphatic carbocycles. The van der Waals surface area contributed by atoms with Crippen molar-refractivity contribution >= 4 is 22.9 Å². The number of carbonyl (C=O) groups excluding carboxylic acids is 1. The minimum Gasteiger partial charge on any atom is -0.486 e. The van der Waals surface area contributed by atoms with E-state index in [0.29, 0.717) is 23.6 Å². The Hall–Kier alpha value is -2.01. The molecule has 1 aromatic heterocycles. The first-order valence-corrected chi connectivity index (χ1v) is 5.95. The van der Waals surface area contributed by atoms with Gasteiger partial charge in [-0.15, -0.1) is 0 Å². The molecule has 0 bridgehead atoms. The molecule has 1 aromatic carbocycles. The van der Waals surface area contributed by atoms with Crippen molar-refractivity contribution in [3.63, 3.8) is 0 Å². The predicted octanol–water partition coefficient (Wildman–Crippen LogP) is 2.01. The van der Waals surface area contributed by atoms with E-state index in [-0.39, 0.29) is 0 Å². The monoisotopic (exact) mass is 248 g/mol. The first-order valence-electron chi connectivity index (χ1n) is 5.00. The fourth-order valence-corrected chi connectivity index (χ4v) is 2.09. The molecular weight excluding hydrogens is 236 g/mol. The number of hydrogen-bond donors (Lipinski definition) is 2. The second-order valence-electron chi connectivity index (χ2n) is 3.51. The van der Waals surface area contributed by atoms with E-state index in [2.05, 4.69) is 0 Å². The first-order chi connectivity index (χ1) is 8.18. The number of nitrogens with two attached hydrogens (primary N) is 2. The molecular formula is C12H12N2O2S. The zero-order valence-corrected chi connectivity index (χ0v) is 9.87. The summed E-state index contributed by atoms with van der Waals surface area (Å²) in [5.74, 6) is -0.191. The van der Waals surface area contributed by atoms with Gasteiger partial charge in [-0.25, -0.2) is 0 Å². The summed E-state index contributed by atoms with van der Waals surface area (Å²) in [7, 11) is 0. The molecule has 2 rings (SSSR count). The molecule has 88 valence electrons. The zero-order valence-electron chi connectivity index (χ0n) is 9.05. The highest BCUT2D eigenvalue weighted by Gasteiger charge is 2.12. The number of para-hydroxylation sites is 1. The number of hydrogen-bond acceptors (Lipinski definition) is 4. The second kappa shape index (κ2) is 4.88. The summed E-state index contributed by atoms with van der Waals surface area (Å²) in [6, 6.07) is 6.90. The molecule has 0 radical (unpaired) electrons. The van der Waals surface area contributed by atoms with Crippen LogP contribution in [0.25, 0.3) is 0 Å². The number of rotatable bonds is 4. The van der Waals surface area contributed by atoms with Crippen molar-refractivity contribution in [1.29, 1.82) is 0 Å². The molecule has 0 spiro atoms. The molecule has 0 aliphatic rings. The van der Waals surface area contributed by atoms with Crippen molar-refractivity contribution in [3.8, 4) is 5.75 Å². The van der Waals surface area contributed by atoms with Crippen LogP contribution in [0.4, 0.5) is 5.69 Å². The number of amides is 1. The summed E-state index contributed by atoms with van der Waals surface area (Å²) in [4.78, 5) is 11.2. The predicted molar refractivity (Wildman–Crippen MR) is 68.0 cm³/mol. The first kappa shape index (κ1) is 11.5. The fourth-order valence-electron chi connectivity index (χ4n) is 1.44. The largest absolute Gasteiger partial charge is 0.486 e. The van der Waals surface area contributed by atoms with Crippen LogP contribution in [0.5, 0.6) is 5.75 Å². The second-order valence-corrected chi connectivity index (χ2v) is 4.29. The van der Waals surface area contributed by atoms with Gasteiger partial charge in [0.05, 0.1) is 11.3 Å². The Morgan fingerprint density at radius 3 is 2.82 bits per heavy atom. The number of nitrogen functional groups attached to an aromatic ring is 1. The SMILES string of the molecule is NC(=O)c1cccc(N)c1OCc1ccsc1. The van der Waals surface area contributed by atoms with Crippen LogP contribution in [0.2, 0.25) is 0 Å². The molecule has 2 aromatic rings. The van der Waals surface area contributed by atoms with Gasteiger partial charge in [0.25, 0.3) is 5.91 Å². The molecule has 0 atom stereocenters. The van der Waals surface area contributed by atoms with Gasteiger partial charge in [0.2, 0.25) is 0 Å². The molecule has 0 saturated heterocycles. The van der Waals surface area contributed by atoms with Gasteiger partial charge in [-0.2, -0.15) is 11.3 Å². The van der Waals surface area contributed by atoms with Crippen molar-refractivity contribution in [2.45, 2.75) is 6.61 Å². The molecule has 4 N–H and O–H groups in total. The Labute approximate surface area is 103 Å². The van der Waals surface area contributed by atoms with Gasteiger partial charge < -0.3 is 16.2 Å². The molecule has 1 amide bonds. The van der Waals surface area contributed by atoms with Crippen LogP contribution >= 0.6 is 11.3 Å². The van der Waals surface area contributed by atoms with Crippen molar-refractivity contribution in [2.24, 2.45) is 5.73 Å². The zero-order chi connectivity index (χ0) is 12.3. The van der Waals surface area contributed by atoms with Gasteiger partial charge in [-0.05, 0) is 34.5 Å². The van der Waals surface area contributed by atoms with Crippen LogP contribution in [0, 0.1) is 0 Å². The molecule has 4 nitrogen and oxygen atoms in total. The highest BCUT2D eigenvalue weighted by molar-refractivity contribution is 7.07. The van der Waals surface area contributed by atoms with Crippen LogP contribution in [0.1, 0.15) is 15.9 Å². The minimum absolute atomic E-state index is 0.306. The van der Waals surface area contributed by atoms with Gasteiger partial charge in [-0.1, -0.05) is 6.07 Å². The molecule has 17 heavy (non-hydrogen) atoms. The third-order valence-corrected chi connectivity index (χ3v) is 3.01. The van der Waals surface area contributed by atoms with Crippen molar-refractivity contribution in [2.75, 3.05) is 5.73 Å². The maximum absolute atomic E-state index is 11.2. The average Bonchev–Trinajstić information content (AvgIpc) is 2.80. The number of anilines is 1. The number of primary amides is 1.